The van der Waals surface area contributed by atoms with Crippen molar-refractivity contribution < 1.29 is 9.90 Å². The van der Waals surface area contributed by atoms with Crippen LogP contribution in [0, 0.1) is 0 Å². The van der Waals surface area contributed by atoms with E-state index < -0.39 is 5.97 Å². The van der Waals surface area contributed by atoms with Crippen molar-refractivity contribution in [2.45, 2.75) is 0 Å². The van der Waals surface area contributed by atoms with Crippen molar-refractivity contribution in [3.63, 3.8) is 0 Å². The molecule has 0 radical (unpaired) electrons. The van der Waals surface area contributed by atoms with Crippen LogP contribution in [0.15, 0.2) is 30.6 Å². The monoisotopic (exact) mass is 236 g/mol. The summed E-state index contributed by atoms with van der Waals surface area (Å²) in [5.41, 5.74) is 1.56. The second-order valence-electron chi connectivity index (χ2n) is 3.40. The first kappa shape index (κ1) is 10.7. The van der Waals surface area contributed by atoms with Crippen LogP contribution in [0.25, 0.3) is 11.1 Å². The molecule has 0 saturated heterocycles. The van der Waals surface area contributed by atoms with E-state index in [1.165, 1.54) is 6.07 Å². The molecule has 5 heteroatoms. The number of benzene rings is 1. The predicted molar refractivity (Wildman–Crippen MR) is 60.6 cm³/mol. The van der Waals surface area contributed by atoms with Crippen molar-refractivity contribution in [1.29, 1.82) is 0 Å². The summed E-state index contributed by atoms with van der Waals surface area (Å²) in [6.45, 7) is 0. The Morgan fingerprint density at radius 3 is 2.81 bits per heavy atom. The Kier molecular flexibility index (Phi) is 2.66. The molecule has 4 nitrogen and oxygen atoms in total. The van der Waals surface area contributed by atoms with Crippen LogP contribution < -0.4 is 0 Å². The van der Waals surface area contributed by atoms with Gasteiger partial charge in [-0.15, -0.1) is 0 Å². The van der Waals surface area contributed by atoms with Crippen molar-refractivity contribution in [1.82, 2.24) is 9.78 Å². The third kappa shape index (κ3) is 1.92. The fraction of sp³-hybridized carbons (Fsp3) is 0.0909. The second kappa shape index (κ2) is 3.98. The molecule has 1 aromatic carbocycles. The number of nitrogens with zero attached hydrogens (tertiary/aromatic N) is 2. The van der Waals surface area contributed by atoms with Crippen molar-refractivity contribution in [2.75, 3.05) is 0 Å². The smallest absolute Gasteiger partial charge is 0.336 e. The topological polar surface area (TPSA) is 55.1 Å². The molecular formula is C11H9ClN2O2. The number of aromatic nitrogens is 2. The Hall–Kier alpha value is -1.81. The second-order valence-corrected chi connectivity index (χ2v) is 3.83. The summed E-state index contributed by atoms with van der Waals surface area (Å²) >= 11 is 5.77. The highest BCUT2D eigenvalue weighted by Gasteiger charge is 2.13. The van der Waals surface area contributed by atoms with E-state index in [-0.39, 0.29) is 5.56 Å². The van der Waals surface area contributed by atoms with Gasteiger partial charge in [0.05, 0.1) is 11.8 Å². The molecular weight excluding hydrogens is 228 g/mol. The number of aromatic carboxylic acids is 1. The van der Waals surface area contributed by atoms with E-state index in [9.17, 15) is 4.79 Å². The maximum Gasteiger partial charge on any atom is 0.336 e. The van der Waals surface area contributed by atoms with E-state index in [2.05, 4.69) is 5.10 Å². The van der Waals surface area contributed by atoms with E-state index in [0.717, 1.165) is 5.56 Å². The van der Waals surface area contributed by atoms with Crippen LogP contribution in [0.4, 0.5) is 0 Å². The zero-order valence-corrected chi connectivity index (χ0v) is 9.27. The van der Waals surface area contributed by atoms with Gasteiger partial charge in [0.25, 0.3) is 0 Å². The molecule has 0 saturated carbocycles. The molecule has 0 aliphatic heterocycles. The summed E-state index contributed by atoms with van der Waals surface area (Å²) in [5.74, 6) is -0.999. The number of aryl methyl sites for hydroxylation is 1. The van der Waals surface area contributed by atoms with Crippen LogP contribution in [-0.4, -0.2) is 20.9 Å². The molecule has 0 bridgehead atoms. The van der Waals surface area contributed by atoms with Crippen molar-refractivity contribution in [2.24, 2.45) is 7.05 Å². The molecule has 1 heterocycles. The van der Waals surface area contributed by atoms with Gasteiger partial charge in [-0.25, -0.2) is 4.79 Å². The van der Waals surface area contributed by atoms with Gasteiger partial charge < -0.3 is 5.11 Å². The minimum Gasteiger partial charge on any atom is -0.478 e. The van der Waals surface area contributed by atoms with Gasteiger partial charge in [-0.2, -0.15) is 5.10 Å². The molecule has 0 aliphatic carbocycles. The number of rotatable bonds is 2. The molecule has 0 amide bonds. The highest BCUT2D eigenvalue weighted by molar-refractivity contribution is 6.31. The summed E-state index contributed by atoms with van der Waals surface area (Å²) in [6, 6.07) is 4.78. The molecule has 82 valence electrons. The normalized spacial score (nSPS) is 10.4. The Morgan fingerprint density at radius 1 is 1.50 bits per heavy atom. The van der Waals surface area contributed by atoms with Crippen LogP contribution in [-0.2, 0) is 7.05 Å². The summed E-state index contributed by atoms with van der Waals surface area (Å²) in [4.78, 5) is 11.1. The SMILES string of the molecule is Cn1cc(-c2ccc(Cl)cc2C(=O)O)cn1. The Balaban J connectivity index is 2.60. The van der Waals surface area contributed by atoms with Gasteiger partial charge >= 0.3 is 5.97 Å². The summed E-state index contributed by atoms with van der Waals surface area (Å²) in [7, 11) is 1.78. The summed E-state index contributed by atoms with van der Waals surface area (Å²) < 4.78 is 1.62. The molecule has 0 unspecified atom stereocenters. The summed E-state index contributed by atoms with van der Waals surface area (Å²) in [5, 5.41) is 13.5. The average Bonchev–Trinajstić information content (AvgIpc) is 2.64. The van der Waals surface area contributed by atoms with E-state index in [1.807, 2.05) is 0 Å². The van der Waals surface area contributed by atoms with Gasteiger partial charge in [0, 0.05) is 23.8 Å². The highest BCUT2D eigenvalue weighted by atomic mass is 35.5. The number of carbonyl (C=O) groups is 1. The third-order valence-electron chi connectivity index (χ3n) is 2.23. The number of hydrogen-bond acceptors (Lipinski definition) is 2. The Labute approximate surface area is 97.1 Å². The van der Waals surface area contributed by atoms with Gasteiger partial charge in [-0.3, -0.25) is 4.68 Å². The van der Waals surface area contributed by atoms with Crippen LogP contribution >= 0.6 is 11.6 Å². The first-order chi connectivity index (χ1) is 7.58. The first-order valence-electron chi connectivity index (χ1n) is 4.60. The van der Waals surface area contributed by atoms with Crippen LogP contribution in [0.3, 0.4) is 0 Å². The fourth-order valence-corrected chi connectivity index (χ4v) is 1.68. The number of carboxylic acids is 1. The molecule has 0 spiro atoms. The lowest BCUT2D eigenvalue weighted by Crippen LogP contribution is -1.99. The van der Waals surface area contributed by atoms with Crippen LogP contribution in [0.2, 0.25) is 5.02 Å². The molecule has 0 fully saturated rings. The van der Waals surface area contributed by atoms with Gasteiger partial charge in [0.1, 0.15) is 0 Å². The lowest BCUT2D eigenvalue weighted by Gasteiger charge is -2.03. The maximum absolute atomic E-state index is 11.1. The number of halogens is 1. The van der Waals surface area contributed by atoms with Crippen molar-refractivity contribution >= 4 is 17.6 Å². The molecule has 0 aliphatic rings. The standard InChI is InChI=1S/C11H9ClN2O2/c1-14-6-7(5-13-14)9-3-2-8(12)4-10(9)11(15)16/h2-6H,1H3,(H,15,16). The van der Waals surface area contributed by atoms with Gasteiger partial charge in [-0.1, -0.05) is 17.7 Å². The molecule has 2 rings (SSSR count). The molecule has 2 aromatic rings. The van der Waals surface area contributed by atoms with Crippen molar-refractivity contribution in [3.05, 3.63) is 41.2 Å². The highest BCUT2D eigenvalue weighted by Crippen LogP contribution is 2.26. The fourth-order valence-electron chi connectivity index (χ4n) is 1.51. The van der Waals surface area contributed by atoms with Gasteiger partial charge in [-0.05, 0) is 17.7 Å². The molecule has 1 N–H and O–H groups in total. The van der Waals surface area contributed by atoms with E-state index in [4.69, 9.17) is 16.7 Å². The maximum atomic E-state index is 11.1. The third-order valence-corrected chi connectivity index (χ3v) is 2.46. The van der Waals surface area contributed by atoms with Gasteiger partial charge in [0.2, 0.25) is 0 Å². The average molecular weight is 237 g/mol. The van der Waals surface area contributed by atoms with Crippen molar-refractivity contribution in [3.8, 4) is 11.1 Å². The first-order valence-corrected chi connectivity index (χ1v) is 4.97. The number of carboxylic acid groups (broad SMARTS) is 1. The molecule has 16 heavy (non-hydrogen) atoms. The lowest BCUT2D eigenvalue weighted by molar-refractivity contribution is 0.0697. The quantitative estimate of drug-likeness (QED) is 0.871. The zero-order chi connectivity index (χ0) is 11.7. The Bertz CT molecular complexity index is 549. The Morgan fingerprint density at radius 2 is 2.25 bits per heavy atom. The minimum atomic E-state index is -0.999. The van der Waals surface area contributed by atoms with Gasteiger partial charge in [0.15, 0.2) is 0 Å². The van der Waals surface area contributed by atoms with Crippen LogP contribution in [0.5, 0.6) is 0 Å². The van der Waals surface area contributed by atoms with E-state index in [1.54, 1.807) is 36.3 Å². The number of hydrogen-bond donors (Lipinski definition) is 1. The molecule has 0 atom stereocenters. The van der Waals surface area contributed by atoms with Crippen LogP contribution in [0.1, 0.15) is 10.4 Å². The minimum absolute atomic E-state index is 0.181. The summed E-state index contributed by atoms with van der Waals surface area (Å²) in [6.07, 6.45) is 3.38. The largest absolute Gasteiger partial charge is 0.478 e. The van der Waals surface area contributed by atoms with E-state index >= 15 is 0 Å². The predicted octanol–water partition coefficient (Wildman–Crippen LogP) is 2.44. The lowest BCUT2D eigenvalue weighted by atomic mass is 10.0. The van der Waals surface area contributed by atoms with E-state index in [0.29, 0.717) is 10.6 Å². The molecule has 1 aromatic heterocycles. The zero-order valence-electron chi connectivity index (χ0n) is 8.51.